The molecular formula is C19H27NO3. The van der Waals surface area contributed by atoms with Crippen molar-refractivity contribution in [3.05, 3.63) is 29.8 Å². The summed E-state index contributed by atoms with van der Waals surface area (Å²) in [6, 6.07) is 6.93. The molecule has 23 heavy (non-hydrogen) atoms. The monoisotopic (exact) mass is 317 g/mol. The number of rotatable bonds is 8. The number of Topliss-reactive ketones (excluding diaryl/α,β-unsaturated/α-hetero) is 1. The number of ketones is 1. The lowest BCUT2D eigenvalue weighted by atomic mass is 9.99. The van der Waals surface area contributed by atoms with E-state index in [1.807, 2.05) is 18.2 Å². The summed E-state index contributed by atoms with van der Waals surface area (Å²) in [4.78, 5) is 24.5. The predicted molar refractivity (Wildman–Crippen MR) is 90.8 cm³/mol. The molecular weight excluding hydrogens is 290 g/mol. The molecule has 0 aliphatic carbocycles. The Morgan fingerprint density at radius 1 is 1.22 bits per heavy atom. The summed E-state index contributed by atoms with van der Waals surface area (Å²) in [6.07, 6.45) is 7.51. The van der Waals surface area contributed by atoms with Crippen molar-refractivity contribution >= 4 is 11.7 Å². The largest absolute Gasteiger partial charge is 0.493 e. The first-order valence-electron chi connectivity index (χ1n) is 8.77. The first-order chi connectivity index (χ1) is 11.2. The van der Waals surface area contributed by atoms with E-state index in [-0.39, 0.29) is 11.7 Å². The van der Waals surface area contributed by atoms with Crippen LogP contribution in [0.25, 0.3) is 0 Å². The van der Waals surface area contributed by atoms with Crippen LogP contribution in [0.5, 0.6) is 5.75 Å². The summed E-state index contributed by atoms with van der Waals surface area (Å²) in [7, 11) is 0. The Hall–Kier alpha value is -1.84. The van der Waals surface area contributed by atoms with Crippen molar-refractivity contribution in [3.8, 4) is 5.75 Å². The van der Waals surface area contributed by atoms with Crippen molar-refractivity contribution < 1.29 is 14.3 Å². The molecule has 1 aromatic rings. The van der Waals surface area contributed by atoms with Crippen molar-refractivity contribution in [1.29, 1.82) is 0 Å². The molecule has 0 saturated carbocycles. The van der Waals surface area contributed by atoms with Crippen molar-refractivity contribution in [2.45, 2.75) is 64.3 Å². The maximum Gasteiger partial charge on any atom is 0.220 e. The van der Waals surface area contributed by atoms with Gasteiger partial charge in [0.1, 0.15) is 5.75 Å². The van der Waals surface area contributed by atoms with Crippen LogP contribution in [-0.4, -0.2) is 24.3 Å². The van der Waals surface area contributed by atoms with Crippen LogP contribution in [0.2, 0.25) is 0 Å². The van der Waals surface area contributed by atoms with Crippen LogP contribution in [0, 0.1) is 0 Å². The highest BCUT2D eigenvalue weighted by Gasteiger charge is 2.26. The van der Waals surface area contributed by atoms with Gasteiger partial charge in [-0.2, -0.15) is 0 Å². The molecule has 1 fully saturated rings. The third-order valence-electron chi connectivity index (χ3n) is 4.21. The second kappa shape index (κ2) is 9.33. The minimum atomic E-state index is -0.421. The fraction of sp³-hybridized carbons (Fsp3) is 0.579. The molecule has 1 aliphatic rings. The summed E-state index contributed by atoms with van der Waals surface area (Å²) < 4.78 is 5.82. The number of benzene rings is 1. The van der Waals surface area contributed by atoms with Crippen LogP contribution in [0.3, 0.4) is 0 Å². The number of carbonyl (C=O) groups excluding carboxylic acids is 2. The number of para-hydroxylation sites is 1. The quantitative estimate of drug-likeness (QED) is 0.584. The van der Waals surface area contributed by atoms with E-state index in [0.29, 0.717) is 30.8 Å². The van der Waals surface area contributed by atoms with E-state index < -0.39 is 6.04 Å². The molecule has 2 rings (SSSR count). The van der Waals surface area contributed by atoms with Crippen molar-refractivity contribution in [3.63, 3.8) is 0 Å². The number of carbonyl (C=O) groups is 2. The SMILES string of the molecule is CCCCCCOc1ccccc1C(=O)C1CCCCC(=O)N1. The lowest BCUT2D eigenvalue weighted by molar-refractivity contribution is -0.121. The molecule has 0 bridgehead atoms. The molecule has 126 valence electrons. The van der Waals surface area contributed by atoms with Gasteiger partial charge in [0.2, 0.25) is 5.91 Å². The minimum absolute atomic E-state index is 0.0289. The van der Waals surface area contributed by atoms with E-state index in [9.17, 15) is 9.59 Å². The van der Waals surface area contributed by atoms with Crippen molar-refractivity contribution in [2.24, 2.45) is 0 Å². The van der Waals surface area contributed by atoms with Crippen molar-refractivity contribution in [2.75, 3.05) is 6.61 Å². The lowest BCUT2D eigenvalue weighted by Gasteiger charge is -2.17. The molecule has 1 saturated heterocycles. The number of amides is 1. The first kappa shape index (κ1) is 17.5. The number of hydrogen-bond acceptors (Lipinski definition) is 3. The van der Waals surface area contributed by atoms with E-state index in [4.69, 9.17) is 4.74 Å². The summed E-state index contributed by atoms with van der Waals surface area (Å²) in [5, 5.41) is 2.84. The van der Waals surface area contributed by atoms with Gasteiger partial charge in [-0.3, -0.25) is 9.59 Å². The molecule has 0 radical (unpaired) electrons. The lowest BCUT2D eigenvalue weighted by Crippen LogP contribution is -2.39. The smallest absolute Gasteiger partial charge is 0.220 e. The Morgan fingerprint density at radius 3 is 2.87 bits per heavy atom. The predicted octanol–water partition coefficient (Wildman–Crippen LogP) is 3.89. The second-order valence-electron chi connectivity index (χ2n) is 6.14. The van der Waals surface area contributed by atoms with E-state index in [1.54, 1.807) is 6.07 Å². The van der Waals surface area contributed by atoms with Gasteiger partial charge in [-0.25, -0.2) is 0 Å². The molecule has 0 spiro atoms. The zero-order valence-corrected chi connectivity index (χ0v) is 14.0. The number of hydrogen-bond donors (Lipinski definition) is 1. The highest BCUT2D eigenvalue weighted by Crippen LogP contribution is 2.22. The first-order valence-corrected chi connectivity index (χ1v) is 8.77. The minimum Gasteiger partial charge on any atom is -0.493 e. The van der Waals surface area contributed by atoms with Gasteiger partial charge in [0.05, 0.1) is 18.2 Å². The molecule has 1 atom stereocenters. The van der Waals surface area contributed by atoms with Crippen molar-refractivity contribution in [1.82, 2.24) is 5.32 Å². The van der Waals surface area contributed by atoms with Gasteiger partial charge in [-0.05, 0) is 31.4 Å². The van der Waals surface area contributed by atoms with Crippen LogP contribution in [0.1, 0.15) is 68.6 Å². The fourth-order valence-corrected chi connectivity index (χ4v) is 2.86. The molecule has 1 N–H and O–H groups in total. The molecule has 4 nitrogen and oxygen atoms in total. The fourth-order valence-electron chi connectivity index (χ4n) is 2.86. The van der Waals surface area contributed by atoms with Crippen LogP contribution in [-0.2, 0) is 4.79 Å². The average molecular weight is 317 g/mol. The highest BCUT2D eigenvalue weighted by molar-refractivity contribution is 6.04. The molecule has 0 aromatic heterocycles. The Kier molecular flexibility index (Phi) is 7.11. The number of ether oxygens (including phenoxy) is 1. The van der Waals surface area contributed by atoms with Gasteiger partial charge < -0.3 is 10.1 Å². The molecule has 1 aromatic carbocycles. The van der Waals surface area contributed by atoms with Gasteiger partial charge in [-0.1, -0.05) is 44.7 Å². The summed E-state index contributed by atoms with van der Waals surface area (Å²) in [6.45, 7) is 2.80. The Bertz CT molecular complexity index is 527. The molecule has 1 amide bonds. The van der Waals surface area contributed by atoms with Gasteiger partial charge >= 0.3 is 0 Å². The van der Waals surface area contributed by atoms with Gasteiger partial charge in [0.15, 0.2) is 5.78 Å². The Labute approximate surface area is 138 Å². The Balaban J connectivity index is 2.00. The maximum absolute atomic E-state index is 12.8. The van der Waals surface area contributed by atoms with E-state index in [2.05, 4.69) is 12.2 Å². The van der Waals surface area contributed by atoms with Crippen LogP contribution >= 0.6 is 0 Å². The maximum atomic E-state index is 12.8. The highest BCUT2D eigenvalue weighted by atomic mass is 16.5. The summed E-state index contributed by atoms with van der Waals surface area (Å²) in [5.41, 5.74) is 0.579. The summed E-state index contributed by atoms with van der Waals surface area (Å²) in [5.74, 6) is 0.565. The van der Waals surface area contributed by atoms with Gasteiger partial charge in [-0.15, -0.1) is 0 Å². The van der Waals surface area contributed by atoms with Gasteiger partial charge in [0.25, 0.3) is 0 Å². The van der Waals surface area contributed by atoms with Gasteiger partial charge in [0, 0.05) is 6.42 Å². The number of unbranched alkanes of at least 4 members (excludes halogenated alkanes) is 3. The normalized spacial score (nSPS) is 18.1. The zero-order chi connectivity index (χ0) is 16.5. The molecule has 1 unspecified atom stereocenters. The second-order valence-corrected chi connectivity index (χ2v) is 6.14. The van der Waals surface area contributed by atoms with Crippen LogP contribution in [0.15, 0.2) is 24.3 Å². The van der Waals surface area contributed by atoms with Crippen LogP contribution in [0.4, 0.5) is 0 Å². The van der Waals surface area contributed by atoms with E-state index >= 15 is 0 Å². The molecule has 1 heterocycles. The van der Waals surface area contributed by atoms with Crippen LogP contribution < -0.4 is 10.1 Å². The van der Waals surface area contributed by atoms with E-state index in [1.165, 1.54) is 12.8 Å². The Morgan fingerprint density at radius 2 is 2.04 bits per heavy atom. The molecule has 1 aliphatic heterocycles. The zero-order valence-electron chi connectivity index (χ0n) is 14.0. The molecule has 4 heteroatoms. The average Bonchev–Trinajstić information content (AvgIpc) is 2.79. The third-order valence-corrected chi connectivity index (χ3v) is 4.21. The number of nitrogens with one attached hydrogen (secondary N) is 1. The third kappa shape index (κ3) is 5.38. The summed E-state index contributed by atoms with van der Waals surface area (Å²) >= 11 is 0. The van der Waals surface area contributed by atoms with E-state index in [0.717, 1.165) is 25.7 Å². The standard InChI is InChI=1S/C19H27NO3/c1-2-3-4-9-14-23-17-12-7-5-10-15(17)19(22)16-11-6-8-13-18(21)20-16/h5,7,10,12,16H,2-4,6,8-9,11,13-14H2,1H3,(H,20,21). The topological polar surface area (TPSA) is 55.4 Å².